The number of nitrogen functional groups attached to an aromatic ring is 1. The van der Waals surface area contributed by atoms with Crippen molar-refractivity contribution in [3.63, 3.8) is 0 Å². The molecule has 2 nitrogen and oxygen atoms in total. The van der Waals surface area contributed by atoms with Gasteiger partial charge in [-0.2, -0.15) is 0 Å². The summed E-state index contributed by atoms with van der Waals surface area (Å²) in [6, 6.07) is 8.14. The van der Waals surface area contributed by atoms with Crippen LogP contribution in [0.5, 0.6) is 0 Å². The smallest absolute Gasteiger partial charge is 0.142 e. The van der Waals surface area contributed by atoms with Gasteiger partial charge in [0.1, 0.15) is 11.6 Å². The Labute approximate surface area is 116 Å². The molecule has 1 unspecified atom stereocenters. The number of hydrogen-bond acceptors (Lipinski definition) is 2. The van der Waals surface area contributed by atoms with Crippen LogP contribution >= 0.6 is 11.6 Å². The second kappa shape index (κ2) is 5.67. The average molecular weight is 302 g/mol. The predicted molar refractivity (Wildman–Crippen MR) is 72.3 cm³/mol. The van der Waals surface area contributed by atoms with Crippen LogP contribution in [0.4, 0.5) is 14.5 Å². The maximum Gasteiger partial charge on any atom is 0.142 e. The highest BCUT2D eigenvalue weighted by Gasteiger charge is 2.14. The van der Waals surface area contributed by atoms with Crippen LogP contribution in [-0.4, -0.2) is 4.21 Å². The molecule has 2 N–H and O–H groups in total. The van der Waals surface area contributed by atoms with Gasteiger partial charge in [0.25, 0.3) is 0 Å². The van der Waals surface area contributed by atoms with E-state index in [0.29, 0.717) is 5.56 Å². The van der Waals surface area contributed by atoms with Crippen molar-refractivity contribution in [3.8, 4) is 0 Å². The van der Waals surface area contributed by atoms with E-state index in [1.54, 1.807) is 6.07 Å². The zero-order valence-corrected chi connectivity index (χ0v) is 11.3. The van der Waals surface area contributed by atoms with Crippen molar-refractivity contribution in [2.75, 3.05) is 5.73 Å². The van der Waals surface area contributed by atoms with Crippen LogP contribution in [0, 0.1) is 11.6 Å². The molecule has 0 heterocycles. The van der Waals surface area contributed by atoms with Crippen LogP contribution in [-0.2, 0) is 16.6 Å². The topological polar surface area (TPSA) is 43.1 Å². The fourth-order valence-corrected chi connectivity index (χ4v) is 3.03. The third kappa shape index (κ3) is 3.11. The van der Waals surface area contributed by atoms with Gasteiger partial charge in [-0.15, -0.1) is 0 Å². The average Bonchev–Trinajstić information content (AvgIpc) is 2.34. The summed E-state index contributed by atoms with van der Waals surface area (Å²) in [4.78, 5) is 0.0227. The molecule has 19 heavy (non-hydrogen) atoms. The van der Waals surface area contributed by atoms with Crippen LogP contribution in [0.15, 0.2) is 41.3 Å². The van der Waals surface area contributed by atoms with Gasteiger partial charge in [0.15, 0.2) is 0 Å². The van der Waals surface area contributed by atoms with E-state index in [1.807, 2.05) is 0 Å². The molecular formula is C13H10ClF2NOS. The molecule has 0 amide bonds. The summed E-state index contributed by atoms with van der Waals surface area (Å²) < 4.78 is 38.9. The van der Waals surface area contributed by atoms with E-state index in [0.717, 1.165) is 6.07 Å². The minimum absolute atomic E-state index is 0.0227. The number of anilines is 1. The summed E-state index contributed by atoms with van der Waals surface area (Å²) in [5.74, 6) is -1.29. The molecular weight excluding hydrogens is 292 g/mol. The van der Waals surface area contributed by atoms with E-state index in [9.17, 15) is 13.0 Å². The maximum absolute atomic E-state index is 13.6. The molecule has 2 aromatic carbocycles. The van der Waals surface area contributed by atoms with E-state index in [1.165, 1.54) is 24.3 Å². The monoisotopic (exact) mass is 301 g/mol. The fraction of sp³-hybridized carbons (Fsp3) is 0.0769. The molecule has 100 valence electrons. The molecule has 2 rings (SSSR count). The van der Waals surface area contributed by atoms with Crippen LogP contribution in [0.2, 0.25) is 5.02 Å². The minimum Gasteiger partial charge on any atom is -0.399 e. The largest absolute Gasteiger partial charge is 0.399 e. The summed E-state index contributed by atoms with van der Waals surface area (Å²) in [5, 5.41) is -0.0910. The first kappa shape index (κ1) is 14.0. The number of benzene rings is 2. The number of halogens is 3. The van der Waals surface area contributed by atoms with Gasteiger partial charge in [-0.1, -0.05) is 23.7 Å². The van der Waals surface area contributed by atoms with Gasteiger partial charge in [0.2, 0.25) is 0 Å². The molecule has 0 aliphatic heterocycles. The van der Waals surface area contributed by atoms with Gasteiger partial charge in [-0.05, 0) is 29.8 Å². The Bertz CT molecular complexity index is 649. The Kier molecular flexibility index (Phi) is 4.17. The van der Waals surface area contributed by atoms with Gasteiger partial charge in [-0.25, -0.2) is 8.78 Å². The number of nitrogens with two attached hydrogens (primary N) is 1. The predicted octanol–water partition coefficient (Wildman–Crippen LogP) is 3.51. The number of hydrogen-bond donors (Lipinski definition) is 1. The van der Waals surface area contributed by atoms with Crippen molar-refractivity contribution in [3.05, 3.63) is 58.6 Å². The van der Waals surface area contributed by atoms with Gasteiger partial charge in [0.05, 0.1) is 26.5 Å². The van der Waals surface area contributed by atoms with E-state index >= 15 is 0 Å². The van der Waals surface area contributed by atoms with E-state index in [2.05, 4.69) is 0 Å². The van der Waals surface area contributed by atoms with Crippen LogP contribution in [0.3, 0.4) is 0 Å². The Morgan fingerprint density at radius 1 is 1.16 bits per heavy atom. The molecule has 2 aromatic rings. The third-order valence-electron chi connectivity index (χ3n) is 2.52. The van der Waals surface area contributed by atoms with Gasteiger partial charge in [-0.3, -0.25) is 4.21 Å². The lowest BCUT2D eigenvalue weighted by Gasteiger charge is -2.07. The summed E-state index contributed by atoms with van der Waals surface area (Å²) in [6.45, 7) is 0. The van der Waals surface area contributed by atoms with Crippen LogP contribution in [0.25, 0.3) is 0 Å². The fourth-order valence-electron chi connectivity index (χ4n) is 1.58. The Balaban J connectivity index is 2.28. The molecule has 0 bridgehead atoms. The van der Waals surface area contributed by atoms with Crippen molar-refractivity contribution in [1.29, 1.82) is 0 Å². The van der Waals surface area contributed by atoms with E-state index < -0.39 is 22.4 Å². The van der Waals surface area contributed by atoms with Gasteiger partial charge in [0, 0.05) is 5.69 Å². The second-order valence-corrected chi connectivity index (χ2v) is 5.69. The third-order valence-corrected chi connectivity index (χ3v) is 4.34. The molecule has 0 saturated heterocycles. The highest BCUT2D eigenvalue weighted by Crippen LogP contribution is 2.24. The van der Waals surface area contributed by atoms with Crippen molar-refractivity contribution in [2.24, 2.45) is 0 Å². The highest BCUT2D eigenvalue weighted by molar-refractivity contribution is 7.84. The molecule has 6 heteroatoms. The quantitative estimate of drug-likeness (QED) is 0.882. The second-order valence-electron chi connectivity index (χ2n) is 3.89. The van der Waals surface area contributed by atoms with Crippen molar-refractivity contribution >= 4 is 28.1 Å². The number of rotatable bonds is 3. The molecule has 0 aliphatic rings. The molecule has 0 aromatic heterocycles. The zero-order chi connectivity index (χ0) is 14.0. The SMILES string of the molecule is Nc1ccc(S(=O)Cc2cccc(F)c2Cl)c(F)c1. The first-order valence-corrected chi connectivity index (χ1v) is 7.05. The Morgan fingerprint density at radius 2 is 1.89 bits per heavy atom. The Morgan fingerprint density at radius 3 is 2.58 bits per heavy atom. The Hall–Kier alpha value is -1.46. The van der Waals surface area contributed by atoms with Crippen LogP contribution in [0.1, 0.15) is 5.56 Å². The summed E-state index contributed by atoms with van der Waals surface area (Å²) in [7, 11) is -1.65. The van der Waals surface area contributed by atoms with Gasteiger partial charge < -0.3 is 5.73 Å². The van der Waals surface area contributed by atoms with E-state index in [4.69, 9.17) is 17.3 Å². The lowest BCUT2D eigenvalue weighted by molar-refractivity contribution is 0.596. The molecule has 0 fully saturated rings. The summed E-state index contributed by atoms with van der Waals surface area (Å²) in [5.41, 5.74) is 6.04. The van der Waals surface area contributed by atoms with Crippen LogP contribution < -0.4 is 5.73 Å². The van der Waals surface area contributed by atoms with E-state index in [-0.39, 0.29) is 21.4 Å². The lowest BCUT2D eigenvalue weighted by Crippen LogP contribution is -2.01. The molecule has 0 radical (unpaired) electrons. The van der Waals surface area contributed by atoms with Crippen molar-refractivity contribution in [2.45, 2.75) is 10.6 Å². The first-order chi connectivity index (χ1) is 8.99. The molecule has 0 spiro atoms. The maximum atomic E-state index is 13.6. The molecule has 0 aliphatic carbocycles. The minimum atomic E-state index is -1.65. The van der Waals surface area contributed by atoms with Crippen molar-refractivity contribution in [1.82, 2.24) is 0 Å². The lowest BCUT2D eigenvalue weighted by atomic mass is 10.2. The first-order valence-electron chi connectivity index (χ1n) is 5.35. The normalized spacial score (nSPS) is 12.4. The molecule has 1 atom stereocenters. The standard InChI is InChI=1S/C13H10ClF2NOS/c14-13-8(2-1-3-10(13)15)7-19(18)12-5-4-9(17)6-11(12)16/h1-6H,7,17H2. The summed E-state index contributed by atoms with van der Waals surface area (Å²) in [6.07, 6.45) is 0. The molecule has 0 saturated carbocycles. The van der Waals surface area contributed by atoms with Crippen molar-refractivity contribution < 1.29 is 13.0 Å². The zero-order valence-electron chi connectivity index (χ0n) is 9.70. The summed E-state index contributed by atoms with van der Waals surface area (Å²) >= 11 is 5.77. The van der Waals surface area contributed by atoms with Gasteiger partial charge >= 0.3 is 0 Å². The highest BCUT2D eigenvalue weighted by atomic mass is 35.5.